The van der Waals surface area contributed by atoms with Crippen molar-refractivity contribution in [2.75, 3.05) is 13.2 Å². The van der Waals surface area contributed by atoms with Crippen molar-refractivity contribution in [3.05, 3.63) is 39.9 Å². The van der Waals surface area contributed by atoms with Gasteiger partial charge in [-0.25, -0.2) is 0 Å². The summed E-state index contributed by atoms with van der Waals surface area (Å²) in [5, 5.41) is 22.9. The molecule has 0 spiro atoms. The van der Waals surface area contributed by atoms with Gasteiger partial charge in [-0.15, -0.1) is 0 Å². The number of rotatable bonds is 10. The summed E-state index contributed by atoms with van der Waals surface area (Å²) in [6.07, 6.45) is 4.97. The van der Waals surface area contributed by atoms with E-state index >= 15 is 0 Å². The SMILES string of the molecule is CCC(NCCCCCCO)c1cccc([N+](=O)[O-])c1. The van der Waals surface area contributed by atoms with Crippen LogP contribution in [-0.2, 0) is 0 Å². The van der Waals surface area contributed by atoms with E-state index in [1.165, 1.54) is 6.07 Å². The molecule has 0 amide bonds. The van der Waals surface area contributed by atoms with Crippen LogP contribution in [0.3, 0.4) is 0 Å². The van der Waals surface area contributed by atoms with Gasteiger partial charge in [0.05, 0.1) is 4.92 Å². The number of nitrogens with zero attached hydrogens (tertiary/aromatic N) is 1. The zero-order valence-corrected chi connectivity index (χ0v) is 12.0. The number of nitro benzene ring substituents is 1. The molecule has 0 bridgehead atoms. The van der Waals surface area contributed by atoms with Gasteiger partial charge in [0.1, 0.15) is 0 Å². The minimum atomic E-state index is -0.356. The fourth-order valence-electron chi connectivity index (χ4n) is 2.22. The maximum atomic E-state index is 10.8. The average molecular weight is 280 g/mol. The first kappa shape index (κ1) is 16.6. The molecule has 1 aromatic carbocycles. The van der Waals surface area contributed by atoms with Crippen LogP contribution in [0.15, 0.2) is 24.3 Å². The molecule has 0 aromatic heterocycles. The Morgan fingerprint density at radius 3 is 2.70 bits per heavy atom. The average Bonchev–Trinajstić information content (AvgIpc) is 2.46. The van der Waals surface area contributed by atoms with Gasteiger partial charge >= 0.3 is 0 Å². The van der Waals surface area contributed by atoms with Crippen molar-refractivity contribution >= 4 is 5.69 Å². The summed E-state index contributed by atoms with van der Waals surface area (Å²) in [6, 6.07) is 6.99. The molecule has 0 aliphatic rings. The minimum absolute atomic E-state index is 0.144. The molecule has 1 unspecified atom stereocenters. The molecule has 5 nitrogen and oxygen atoms in total. The molecule has 1 rings (SSSR count). The number of nitro groups is 1. The number of aliphatic hydroxyl groups is 1. The van der Waals surface area contributed by atoms with Crippen LogP contribution in [0.5, 0.6) is 0 Å². The third kappa shape index (κ3) is 5.67. The Bertz CT molecular complexity index is 410. The Hall–Kier alpha value is -1.46. The lowest BCUT2D eigenvalue weighted by Gasteiger charge is -2.17. The van der Waals surface area contributed by atoms with Crippen LogP contribution >= 0.6 is 0 Å². The van der Waals surface area contributed by atoms with Crippen LogP contribution in [0.2, 0.25) is 0 Å². The molecule has 0 fully saturated rings. The molecular formula is C15H24N2O3. The number of hydrogen-bond donors (Lipinski definition) is 2. The largest absolute Gasteiger partial charge is 0.396 e. The van der Waals surface area contributed by atoms with Gasteiger partial charge in [0.2, 0.25) is 0 Å². The Morgan fingerprint density at radius 1 is 1.30 bits per heavy atom. The molecule has 2 N–H and O–H groups in total. The molecule has 0 saturated carbocycles. The molecule has 0 saturated heterocycles. The first-order valence-electron chi connectivity index (χ1n) is 7.27. The second kappa shape index (κ2) is 9.44. The number of non-ortho nitro benzene ring substituents is 1. The van der Waals surface area contributed by atoms with E-state index in [1.807, 2.05) is 6.07 Å². The van der Waals surface area contributed by atoms with Gasteiger partial charge in [-0.2, -0.15) is 0 Å². The number of aliphatic hydroxyl groups excluding tert-OH is 1. The van der Waals surface area contributed by atoms with Gasteiger partial charge in [-0.3, -0.25) is 10.1 Å². The molecule has 0 aliphatic carbocycles. The molecule has 0 aliphatic heterocycles. The lowest BCUT2D eigenvalue weighted by atomic mass is 10.0. The summed E-state index contributed by atoms with van der Waals surface area (Å²) < 4.78 is 0. The fraction of sp³-hybridized carbons (Fsp3) is 0.600. The standard InChI is InChI=1S/C15H24N2O3/c1-2-15(16-10-5-3-4-6-11-18)13-8-7-9-14(12-13)17(19)20/h7-9,12,15-16,18H,2-6,10-11H2,1H3. The van der Waals surface area contributed by atoms with Crippen molar-refractivity contribution < 1.29 is 10.0 Å². The highest BCUT2D eigenvalue weighted by Crippen LogP contribution is 2.21. The van der Waals surface area contributed by atoms with Gasteiger partial charge in [0.25, 0.3) is 5.69 Å². The summed E-state index contributed by atoms with van der Waals surface area (Å²) in [5.74, 6) is 0. The smallest absolute Gasteiger partial charge is 0.269 e. The highest BCUT2D eigenvalue weighted by molar-refractivity contribution is 5.35. The first-order chi connectivity index (χ1) is 9.69. The van der Waals surface area contributed by atoms with Gasteiger partial charge in [-0.05, 0) is 31.4 Å². The normalized spacial score (nSPS) is 12.3. The summed E-state index contributed by atoms with van der Waals surface area (Å²) in [7, 11) is 0. The van der Waals surface area contributed by atoms with E-state index in [9.17, 15) is 10.1 Å². The molecular weight excluding hydrogens is 256 g/mol. The summed E-state index contributed by atoms with van der Waals surface area (Å²) >= 11 is 0. The molecule has 1 aromatic rings. The zero-order valence-electron chi connectivity index (χ0n) is 12.0. The zero-order chi connectivity index (χ0) is 14.8. The van der Waals surface area contributed by atoms with Crippen LogP contribution in [0.1, 0.15) is 50.6 Å². The number of benzene rings is 1. The van der Waals surface area contributed by atoms with Crippen LogP contribution in [-0.4, -0.2) is 23.2 Å². The fourth-order valence-corrected chi connectivity index (χ4v) is 2.22. The lowest BCUT2D eigenvalue weighted by molar-refractivity contribution is -0.384. The maximum Gasteiger partial charge on any atom is 0.269 e. The van der Waals surface area contributed by atoms with Crippen molar-refractivity contribution in [1.29, 1.82) is 0 Å². The van der Waals surface area contributed by atoms with Crippen LogP contribution < -0.4 is 5.32 Å². The van der Waals surface area contributed by atoms with Crippen molar-refractivity contribution in [3.63, 3.8) is 0 Å². The monoisotopic (exact) mass is 280 g/mol. The Morgan fingerprint density at radius 2 is 2.05 bits per heavy atom. The minimum Gasteiger partial charge on any atom is -0.396 e. The van der Waals surface area contributed by atoms with E-state index < -0.39 is 0 Å². The first-order valence-corrected chi connectivity index (χ1v) is 7.27. The van der Waals surface area contributed by atoms with E-state index in [0.29, 0.717) is 0 Å². The van der Waals surface area contributed by atoms with E-state index in [0.717, 1.165) is 44.2 Å². The molecule has 0 heterocycles. The summed E-state index contributed by atoms with van der Waals surface area (Å²) in [4.78, 5) is 10.4. The molecule has 1 atom stereocenters. The van der Waals surface area contributed by atoms with Gasteiger partial charge < -0.3 is 10.4 Å². The van der Waals surface area contributed by atoms with E-state index in [1.54, 1.807) is 12.1 Å². The number of unbranched alkanes of at least 4 members (excludes halogenated alkanes) is 3. The summed E-state index contributed by atoms with van der Waals surface area (Å²) in [5.41, 5.74) is 1.11. The molecule has 112 valence electrons. The van der Waals surface area contributed by atoms with Crippen LogP contribution in [0.25, 0.3) is 0 Å². The second-order valence-corrected chi connectivity index (χ2v) is 4.90. The summed E-state index contributed by atoms with van der Waals surface area (Å²) in [6.45, 7) is 3.23. The van der Waals surface area contributed by atoms with Gasteiger partial charge in [0, 0.05) is 24.8 Å². The van der Waals surface area contributed by atoms with Crippen molar-refractivity contribution in [2.24, 2.45) is 0 Å². The van der Waals surface area contributed by atoms with Gasteiger partial charge in [0.15, 0.2) is 0 Å². The highest BCUT2D eigenvalue weighted by Gasteiger charge is 2.12. The van der Waals surface area contributed by atoms with E-state index in [2.05, 4.69) is 12.2 Å². The predicted octanol–water partition coefficient (Wildman–Crippen LogP) is 3.19. The maximum absolute atomic E-state index is 10.8. The third-order valence-corrected chi connectivity index (χ3v) is 3.37. The van der Waals surface area contributed by atoms with E-state index in [-0.39, 0.29) is 23.3 Å². The lowest BCUT2D eigenvalue weighted by Crippen LogP contribution is -2.22. The van der Waals surface area contributed by atoms with Crippen molar-refractivity contribution in [2.45, 2.75) is 45.1 Å². The highest BCUT2D eigenvalue weighted by atomic mass is 16.6. The quantitative estimate of drug-likeness (QED) is 0.392. The van der Waals surface area contributed by atoms with Gasteiger partial charge in [-0.1, -0.05) is 31.9 Å². The Kier molecular flexibility index (Phi) is 7.84. The number of hydrogen-bond acceptors (Lipinski definition) is 4. The second-order valence-electron chi connectivity index (χ2n) is 4.90. The third-order valence-electron chi connectivity index (χ3n) is 3.37. The van der Waals surface area contributed by atoms with Crippen LogP contribution in [0.4, 0.5) is 5.69 Å². The molecule has 0 radical (unpaired) electrons. The predicted molar refractivity (Wildman–Crippen MR) is 79.7 cm³/mol. The van der Waals surface area contributed by atoms with Crippen LogP contribution in [0, 0.1) is 10.1 Å². The Balaban J connectivity index is 2.45. The van der Waals surface area contributed by atoms with E-state index in [4.69, 9.17) is 5.11 Å². The Labute approximate surface area is 120 Å². The number of nitrogens with one attached hydrogen (secondary N) is 1. The van der Waals surface area contributed by atoms with Crippen molar-refractivity contribution in [1.82, 2.24) is 5.32 Å². The van der Waals surface area contributed by atoms with Crippen molar-refractivity contribution in [3.8, 4) is 0 Å². The topological polar surface area (TPSA) is 75.4 Å². The molecule has 5 heteroatoms. The molecule has 20 heavy (non-hydrogen) atoms.